The SMILES string of the molecule is CCOC(=O)c1oc2ccc(S(=O)(=O)NCCc3cccc(C(C)(F)F)c3)cc2c1C. The second kappa shape index (κ2) is 8.76. The molecule has 1 heterocycles. The van der Waals surface area contributed by atoms with Gasteiger partial charge in [-0.05, 0) is 50.1 Å². The van der Waals surface area contributed by atoms with E-state index in [1.807, 2.05) is 0 Å². The number of hydrogen-bond acceptors (Lipinski definition) is 5. The Morgan fingerprint density at radius 2 is 1.94 bits per heavy atom. The Morgan fingerprint density at radius 3 is 2.61 bits per heavy atom. The van der Waals surface area contributed by atoms with E-state index in [4.69, 9.17) is 9.15 Å². The minimum absolute atomic E-state index is 0.00755. The van der Waals surface area contributed by atoms with Crippen molar-refractivity contribution in [3.8, 4) is 0 Å². The van der Waals surface area contributed by atoms with Crippen LogP contribution in [-0.2, 0) is 27.1 Å². The van der Waals surface area contributed by atoms with Crippen LogP contribution in [0, 0.1) is 6.92 Å². The number of fused-ring (bicyclic) bond motifs is 1. The highest BCUT2D eigenvalue weighted by Crippen LogP contribution is 2.29. The minimum Gasteiger partial charge on any atom is -0.460 e. The first-order valence-corrected chi connectivity index (χ1v) is 11.2. The predicted octanol–water partition coefficient (Wildman–Crippen LogP) is 4.55. The molecule has 166 valence electrons. The summed E-state index contributed by atoms with van der Waals surface area (Å²) < 4.78 is 65.3. The number of rotatable bonds is 8. The number of furan rings is 1. The van der Waals surface area contributed by atoms with E-state index >= 15 is 0 Å². The van der Waals surface area contributed by atoms with Gasteiger partial charge in [0.1, 0.15) is 5.58 Å². The monoisotopic (exact) mass is 451 g/mol. The fourth-order valence-electron chi connectivity index (χ4n) is 3.17. The van der Waals surface area contributed by atoms with E-state index in [0.717, 1.165) is 6.92 Å². The number of halogens is 2. The molecule has 0 saturated heterocycles. The lowest BCUT2D eigenvalue weighted by molar-refractivity contribution is 0.0174. The number of aryl methyl sites for hydroxylation is 1. The van der Waals surface area contributed by atoms with Gasteiger partial charge in [0.25, 0.3) is 5.92 Å². The van der Waals surface area contributed by atoms with E-state index in [1.165, 1.54) is 36.4 Å². The third-order valence-electron chi connectivity index (χ3n) is 4.82. The van der Waals surface area contributed by atoms with Gasteiger partial charge in [-0.3, -0.25) is 0 Å². The highest BCUT2D eigenvalue weighted by molar-refractivity contribution is 7.89. The molecule has 0 spiro atoms. The van der Waals surface area contributed by atoms with Gasteiger partial charge >= 0.3 is 5.97 Å². The molecule has 0 aliphatic rings. The van der Waals surface area contributed by atoms with Gasteiger partial charge in [0, 0.05) is 30.0 Å². The summed E-state index contributed by atoms with van der Waals surface area (Å²) in [7, 11) is -3.85. The molecular weight excluding hydrogens is 428 g/mol. The molecule has 9 heteroatoms. The topological polar surface area (TPSA) is 85.6 Å². The molecule has 0 unspecified atom stereocenters. The molecule has 0 aliphatic heterocycles. The van der Waals surface area contributed by atoms with Crippen LogP contribution in [0.5, 0.6) is 0 Å². The van der Waals surface area contributed by atoms with Crippen LogP contribution in [0.1, 0.15) is 41.1 Å². The second-order valence-corrected chi connectivity index (χ2v) is 8.94. The Balaban J connectivity index is 1.76. The van der Waals surface area contributed by atoms with Crippen molar-refractivity contribution < 1.29 is 31.1 Å². The first kappa shape index (κ1) is 22.9. The molecule has 3 rings (SSSR count). The summed E-state index contributed by atoms with van der Waals surface area (Å²) in [6.07, 6.45) is 0.253. The molecule has 31 heavy (non-hydrogen) atoms. The molecule has 0 amide bonds. The van der Waals surface area contributed by atoms with Crippen LogP contribution in [0.25, 0.3) is 11.0 Å². The van der Waals surface area contributed by atoms with E-state index in [1.54, 1.807) is 19.9 Å². The van der Waals surface area contributed by atoms with Gasteiger partial charge in [-0.25, -0.2) is 26.7 Å². The Hall–Kier alpha value is -2.78. The van der Waals surface area contributed by atoms with E-state index in [-0.39, 0.29) is 35.8 Å². The van der Waals surface area contributed by atoms with Crippen LogP contribution >= 0.6 is 0 Å². The van der Waals surface area contributed by atoms with Crippen molar-refractivity contribution in [1.29, 1.82) is 0 Å². The fraction of sp³-hybridized carbons (Fsp3) is 0.318. The molecule has 0 bridgehead atoms. The number of esters is 1. The number of nitrogens with one attached hydrogen (secondary N) is 1. The normalized spacial score (nSPS) is 12.3. The summed E-state index contributed by atoms with van der Waals surface area (Å²) >= 11 is 0. The maximum Gasteiger partial charge on any atom is 0.374 e. The highest BCUT2D eigenvalue weighted by Gasteiger charge is 2.24. The Morgan fingerprint density at radius 1 is 1.19 bits per heavy atom. The molecule has 0 atom stereocenters. The zero-order valence-electron chi connectivity index (χ0n) is 17.4. The summed E-state index contributed by atoms with van der Waals surface area (Å²) in [6, 6.07) is 10.2. The molecule has 1 aromatic heterocycles. The number of benzene rings is 2. The van der Waals surface area contributed by atoms with Gasteiger partial charge in [0.15, 0.2) is 0 Å². The lowest BCUT2D eigenvalue weighted by Crippen LogP contribution is -2.26. The van der Waals surface area contributed by atoms with Crippen molar-refractivity contribution in [2.45, 2.75) is 38.0 Å². The summed E-state index contributed by atoms with van der Waals surface area (Å²) in [5.74, 6) is -3.54. The number of alkyl halides is 2. The molecule has 3 aromatic rings. The Labute approximate surface area is 179 Å². The second-order valence-electron chi connectivity index (χ2n) is 7.17. The zero-order valence-corrected chi connectivity index (χ0v) is 18.2. The zero-order chi connectivity index (χ0) is 22.8. The van der Waals surface area contributed by atoms with Crippen molar-refractivity contribution >= 4 is 27.0 Å². The molecular formula is C22H23F2NO5S. The maximum absolute atomic E-state index is 13.5. The lowest BCUT2D eigenvalue weighted by atomic mass is 10.0. The smallest absolute Gasteiger partial charge is 0.374 e. The third kappa shape index (κ3) is 5.11. The summed E-state index contributed by atoms with van der Waals surface area (Å²) in [4.78, 5) is 12.0. The standard InChI is InChI=1S/C22H23F2NO5S/c1-4-29-21(26)20-14(2)18-13-17(8-9-19(18)30-20)31(27,28)25-11-10-15-6-5-7-16(12-15)22(3,23)24/h5-9,12-13,25H,4,10-11H2,1-3H3. The lowest BCUT2D eigenvalue weighted by Gasteiger charge is -2.12. The van der Waals surface area contributed by atoms with E-state index < -0.39 is 21.9 Å². The first-order valence-electron chi connectivity index (χ1n) is 9.70. The van der Waals surface area contributed by atoms with Crippen molar-refractivity contribution in [1.82, 2.24) is 4.72 Å². The average Bonchev–Trinajstić information content (AvgIpc) is 3.04. The van der Waals surface area contributed by atoms with Gasteiger partial charge in [0.2, 0.25) is 15.8 Å². The van der Waals surface area contributed by atoms with E-state index in [9.17, 15) is 22.0 Å². The van der Waals surface area contributed by atoms with Crippen molar-refractivity contribution in [3.05, 3.63) is 64.9 Å². The van der Waals surface area contributed by atoms with E-state index in [0.29, 0.717) is 22.1 Å². The van der Waals surface area contributed by atoms with Crippen molar-refractivity contribution in [2.24, 2.45) is 0 Å². The molecule has 2 aromatic carbocycles. The molecule has 1 N–H and O–H groups in total. The summed E-state index contributed by atoms with van der Waals surface area (Å²) in [6.45, 7) is 4.38. The first-order chi connectivity index (χ1) is 14.5. The molecule has 0 fully saturated rings. The highest BCUT2D eigenvalue weighted by atomic mass is 32.2. The fourth-order valence-corrected chi connectivity index (χ4v) is 4.23. The van der Waals surface area contributed by atoms with Crippen LogP contribution in [0.15, 0.2) is 51.8 Å². The molecule has 0 radical (unpaired) electrons. The van der Waals surface area contributed by atoms with Gasteiger partial charge < -0.3 is 9.15 Å². The summed E-state index contributed by atoms with van der Waals surface area (Å²) in [5.41, 5.74) is 1.34. The molecule has 0 saturated carbocycles. The predicted molar refractivity (Wildman–Crippen MR) is 112 cm³/mol. The van der Waals surface area contributed by atoms with Crippen LogP contribution < -0.4 is 4.72 Å². The molecule has 6 nitrogen and oxygen atoms in total. The van der Waals surface area contributed by atoms with Crippen molar-refractivity contribution in [3.63, 3.8) is 0 Å². The summed E-state index contributed by atoms with van der Waals surface area (Å²) in [5, 5.41) is 0.490. The van der Waals surface area contributed by atoms with E-state index in [2.05, 4.69) is 4.72 Å². The number of carbonyl (C=O) groups is 1. The number of ether oxygens (including phenoxy) is 1. The van der Waals surface area contributed by atoms with Crippen LogP contribution in [-0.4, -0.2) is 27.5 Å². The van der Waals surface area contributed by atoms with Gasteiger partial charge in [-0.15, -0.1) is 0 Å². The van der Waals surface area contributed by atoms with Crippen LogP contribution in [0.2, 0.25) is 0 Å². The van der Waals surface area contributed by atoms with Crippen LogP contribution in [0.4, 0.5) is 8.78 Å². The Bertz CT molecular complexity index is 1210. The number of sulfonamides is 1. The quantitative estimate of drug-likeness (QED) is 0.508. The number of carbonyl (C=O) groups excluding carboxylic acids is 1. The number of hydrogen-bond donors (Lipinski definition) is 1. The third-order valence-corrected chi connectivity index (χ3v) is 6.28. The van der Waals surface area contributed by atoms with Crippen molar-refractivity contribution in [2.75, 3.05) is 13.2 Å². The van der Waals surface area contributed by atoms with Crippen LogP contribution in [0.3, 0.4) is 0 Å². The van der Waals surface area contributed by atoms with Gasteiger partial charge in [0.05, 0.1) is 11.5 Å². The molecule has 0 aliphatic carbocycles. The minimum atomic E-state index is -3.85. The maximum atomic E-state index is 13.5. The largest absolute Gasteiger partial charge is 0.460 e. The van der Waals surface area contributed by atoms with Gasteiger partial charge in [-0.1, -0.05) is 18.2 Å². The van der Waals surface area contributed by atoms with Gasteiger partial charge in [-0.2, -0.15) is 0 Å². The average molecular weight is 451 g/mol. The Kier molecular flexibility index (Phi) is 6.47.